The van der Waals surface area contributed by atoms with Gasteiger partial charge in [-0.25, -0.2) is 9.69 Å². The second-order valence-corrected chi connectivity index (χ2v) is 11.5. The molecule has 1 aliphatic rings. The molecule has 214 valence electrons. The molecule has 2 N–H and O–H groups in total. The molecule has 9 nitrogen and oxygen atoms in total. The summed E-state index contributed by atoms with van der Waals surface area (Å²) in [4.78, 5) is 38.8. The maximum Gasteiger partial charge on any atom is 0.417 e. The molecular formula is C28H26F3N4O5P. The zero-order chi connectivity index (χ0) is 30.2. The van der Waals surface area contributed by atoms with Crippen molar-refractivity contribution in [3.63, 3.8) is 0 Å². The summed E-state index contributed by atoms with van der Waals surface area (Å²) in [5.74, 6) is -0.718. The van der Waals surface area contributed by atoms with E-state index in [-0.39, 0.29) is 24.1 Å². The number of hydrogen-bond acceptors (Lipinski definition) is 6. The van der Waals surface area contributed by atoms with E-state index in [1.54, 1.807) is 43.3 Å². The molecule has 0 aliphatic carbocycles. The van der Waals surface area contributed by atoms with Crippen LogP contribution in [0.1, 0.15) is 37.5 Å². The predicted octanol–water partition coefficient (Wildman–Crippen LogP) is 5.92. The van der Waals surface area contributed by atoms with E-state index in [4.69, 9.17) is 9.79 Å². The number of carbonyl (C=O) groups is 2. The van der Waals surface area contributed by atoms with Crippen molar-refractivity contribution in [3.05, 3.63) is 83.4 Å². The van der Waals surface area contributed by atoms with Crippen molar-refractivity contribution in [2.24, 2.45) is 0 Å². The van der Waals surface area contributed by atoms with E-state index in [0.29, 0.717) is 27.9 Å². The van der Waals surface area contributed by atoms with Gasteiger partial charge in [0.15, 0.2) is 0 Å². The number of nitriles is 1. The van der Waals surface area contributed by atoms with Crippen LogP contribution in [0.15, 0.2) is 66.7 Å². The minimum absolute atomic E-state index is 0.0616. The van der Waals surface area contributed by atoms with Gasteiger partial charge in [-0.3, -0.25) is 9.36 Å². The standard InChI is InChI=1S/C28H26F3N4O5P/c1-4-40-41(38,39)22-13-10-20(11-14-22)33-24-8-6-5-7-19(24)17-34-26(37)35(25(36)27(34,2)3)21-12-9-18(16-32)23(15-21)28(29,30)31/h5-15,33H,4,17H2,1-3H3,(H,38,39). The fraction of sp³-hybridized carbons (Fsp3) is 0.250. The highest BCUT2D eigenvalue weighted by atomic mass is 31.2. The van der Waals surface area contributed by atoms with E-state index >= 15 is 0 Å². The third-order valence-electron chi connectivity index (χ3n) is 6.63. The Morgan fingerprint density at radius 3 is 2.34 bits per heavy atom. The van der Waals surface area contributed by atoms with Crippen LogP contribution < -0.4 is 15.5 Å². The van der Waals surface area contributed by atoms with Crippen LogP contribution in [0.5, 0.6) is 0 Å². The lowest BCUT2D eigenvalue weighted by molar-refractivity contribution is -0.137. The average Bonchev–Trinajstić information content (AvgIpc) is 3.08. The predicted molar refractivity (Wildman–Crippen MR) is 146 cm³/mol. The molecule has 1 atom stereocenters. The number of amides is 3. The molecule has 0 bridgehead atoms. The number of hydrogen-bond donors (Lipinski definition) is 2. The molecule has 0 aromatic heterocycles. The highest BCUT2D eigenvalue weighted by molar-refractivity contribution is 7.61. The lowest BCUT2D eigenvalue weighted by Gasteiger charge is -2.28. The van der Waals surface area contributed by atoms with Gasteiger partial charge in [-0.15, -0.1) is 0 Å². The van der Waals surface area contributed by atoms with Gasteiger partial charge < -0.3 is 19.6 Å². The van der Waals surface area contributed by atoms with Crippen molar-refractivity contribution in [1.29, 1.82) is 5.26 Å². The van der Waals surface area contributed by atoms with Gasteiger partial charge in [0.25, 0.3) is 5.91 Å². The molecule has 13 heteroatoms. The second kappa shape index (κ2) is 11.0. The summed E-state index contributed by atoms with van der Waals surface area (Å²) in [6.07, 6.45) is -4.86. The zero-order valence-electron chi connectivity index (χ0n) is 22.3. The van der Waals surface area contributed by atoms with Gasteiger partial charge in [-0.2, -0.15) is 18.4 Å². The molecule has 1 fully saturated rings. The zero-order valence-corrected chi connectivity index (χ0v) is 23.2. The Morgan fingerprint density at radius 1 is 1.07 bits per heavy atom. The SMILES string of the molecule is CCOP(=O)(O)c1ccc(Nc2ccccc2CN2C(=O)N(c3ccc(C#N)c(C(F)(F)F)c3)C(=O)C2(C)C)cc1. The van der Waals surface area contributed by atoms with Gasteiger partial charge >= 0.3 is 19.8 Å². The molecule has 3 amide bonds. The summed E-state index contributed by atoms with van der Waals surface area (Å²) in [6, 6.07) is 16.4. The molecule has 1 heterocycles. The third kappa shape index (κ3) is 5.84. The molecule has 0 spiro atoms. The smallest absolute Gasteiger partial charge is 0.355 e. The van der Waals surface area contributed by atoms with E-state index in [2.05, 4.69) is 5.32 Å². The van der Waals surface area contributed by atoms with Crippen molar-refractivity contribution in [2.45, 2.75) is 39.0 Å². The summed E-state index contributed by atoms with van der Waals surface area (Å²) in [7, 11) is -3.94. The van der Waals surface area contributed by atoms with Gasteiger partial charge in [0.1, 0.15) is 5.54 Å². The van der Waals surface area contributed by atoms with Crippen molar-refractivity contribution >= 4 is 41.9 Å². The number of nitrogens with one attached hydrogen (secondary N) is 1. The van der Waals surface area contributed by atoms with E-state index in [1.807, 2.05) is 0 Å². The van der Waals surface area contributed by atoms with Gasteiger partial charge in [0.05, 0.1) is 41.3 Å². The number of para-hydroxylation sites is 1. The van der Waals surface area contributed by atoms with Crippen molar-refractivity contribution < 1.29 is 36.7 Å². The minimum atomic E-state index is -4.86. The summed E-state index contributed by atoms with van der Waals surface area (Å²) in [6.45, 7) is 4.62. The lowest BCUT2D eigenvalue weighted by Crippen LogP contribution is -2.43. The van der Waals surface area contributed by atoms with Gasteiger partial charge in [-0.05, 0) is 74.9 Å². The number of urea groups is 1. The molecule has 1 aliphatic heterocycles. The number of benzene rings is 3. The highest BCUT2D eigenvalue weighted by Crippen LogP contribution is 2.41. The van der Waals surface area contributed by atoms with E-state index in [0.717, 1.165) is 12.1 Å². The van der Waals surface area contributed by atoms with Crippen molar-refractivity contribution in [2.75, 3.05) is 16.8 Å². The Morgan fingerprint density at radius 2 is 1.73 bits per heavy atom. The first-order valence-electron chi connectivity index (χ1n) is 12.4. The van der Waals surface area contributed by atoms with Crippen LogP contribution in [-0.2, 0) is 26.6 Å². The van der Waals surface area contributed by atoms with E-state index in [9.17, 15) is 32.2 Å². The molecule has 1 saturated heterocycles. The minimum Gasteiger partial charge on any atom is -0.355 e. The van der Waals surface area contributed by atoms with Crippen LogP contribution in [0.2, 0.25) is 0 Å². The number of rotatable bonds is 8. The summed E-state index contributed by atoms with van der Waals surface area (Å²) in [5, 5.41) is 12.4. The topological polar surface area (TPSA) is 123 Å². The molecule has 4 rings (SSSR count). The van der Waals surface area contributed by atoms with Gasteiger partial charge in [0.2, 0.25) is 0 Å². The van der Waals surface area contributed by atoms with E-state index in [1.165, 1.54) is 36.9 Å². The van der Waals surface area contributed by atoms with Crippen LogP contribution in [0.25, 0.3) is 0 Å². The molecule has 3 aromatic rings. The largest absolute Gasteiger partial charge is 0.417 e. The molecule has 0 radical (unpaired) electrons. The number of anilines is 3. The average molecular weight is 587 g/mol. The summed E-state index contributed by atoms with van der Waals surface area (Å²) >= 11 is 0. The third-order valence-corrected chi connectivity index (χ3v) is 8.19. The fourth-order valence-electron chi connectivity index (χ4n) is 4.42. The first kappa shape index (κ1) is 29.8. The number of nitrogens with zero attached hydrogens (tertiary/aromatic N) is 3. The Hall–Kier alpha value is -4.17. The fourth-order valence-corrected chi connectivity index (χ4v) is 5.45. The van der Waals surface area contributed by atoms with Crippen molar-refractivity contribution in [1.82, 2.24) is 4.90 Å². The Labute approximate surface area is 234 Å². The normalized spacial score (nSPS) is 16.4. The molecule has 41 heavy (non-hydrogen) atoms. The van der Waals surface area contributed by atoms with Crippen molar-refractivity contribution in [3.8, 4) is 6.07 Å². The van der Waals surface area contributed by atoms with Crippen LogP contribution >= 0.6 is 7.60 Å². The number of imide groups is 1. The Bertz CT molecular complexity index is 1580. The monoisotopic (exact) mass is 586 g/mol. The summed E-state index contributed by atoms with van der Waals surface area (Å²) < 4.78 is 57.9. The second-order valence-electron chi connectivity index (χ2n) is 9.67. The van der Waals surface area contributed by atoms with Crippen LogP contribution in [0, 0.1) is 11.3 Å². The number of halogens is 3. The number of carbonyl (C=O) groups excluding carboxylic acids is 2. The Balaban J connectivity index is 1.62. The van der Waals surface area contributed by atoms with Gasteiger partial charge in [0, 0.05) is 11.4 Å². The van der Waals surface area contributed by atoms with Crippen LogP contribution in [0.3, 0.4) is 0 Å². The highest BCUT2D eigenvalue weighted by Gasteiger charge is 2.52. The quantitative estimate of drug-likeness (QED) is 0.248. The van der Waals surface area contributed by atoms with E-state index < -0.39 is 42.4 Å². The molecule has 3 aromatic carbocycles. The lowest BCUT2D eigenvalue weighted by atomic mass is 10.0. The Kier molecular flexibility index (Phi) is 8.00. The first-order chi connectivity index (χ1) is 19.2. The van der Waals surface area contributed by atoms with Gasteiger partial charge in [-0.1, -0.05) is 18.2 Å². The maximum absolute atomic E-state index is 13.6. The summed E-state index contributed by atoms with van der Waals surface area (Å²) in [5.41, 5.74) is -1.81. The molecule has 1 unspecified atom stereocenters. The molecular weight excluding hydrogens is 560 g/mol. The van der Waals surface area contributed by atoms with Crippen LogP contribution in [-0.4, -0.2) is 33.9 Å². The number of alkyl halides is 3. The molecule has 0 saturated carbocycles. The maximum atomic E-state index is 13.6. The first-order valence-corrected chi connectivity index (χ1v) is 14.0. The van der Waals surface area contributed by atoms with Crippen LogP contribution in [0.4, 0.5) is 35.0 Å².